The van der Waals surface area contributed by atoms with E-state index in [9.17, 15) is 14.7 Å². The van der Waals surface area contributed by atoms with Crippen molar-refractivity contribution in [3.05, 3.63) is 27.2 Å². The molecule has 0 aromatic carbocycles. The zero-order chi connectivity index (χ0) is 23.4. The Morgan fingerprint density at radius 1 is 1.41 bits per heavy atom. The second-order valence-electron chi connectivity index (χ2n) is 7.14. The number of ether oxygens (including phenoxy) is 1. The molecule has 3 N–H and O–H groups in total. The molecule has 1 fully saturated rings. The molecule has 11 nitrogen and oxygen atoms in total. The van der Waals surface area contributed by atoms with Crippen molar-refractivity contribution in [2.75, 3.05) is 32.2 Å². The van der Waals surface area contributed by atoms with Gasteiger partial charge in [0.25, 0.3) is 5.91 Å². The van der Waals surface area contributed by atoms with E-state index in [1.807, 2.05) is 11.8 Å². The van der Waals surface area contributed by atoms with Gasteiger partial charge in [0.2, 0.25) is 0 Å². The minimum atomic E-state index is -1.14. The van der Waals surface area contributed by atoms with Crippen molar-refractivity contribution in [1.29, 1.82) is 0 Å². The third-order valence-corrected chi connectivity index (χ3v) is 6.66. The van der Waals surface area contributed by atoms with E-state index in [-0.39, 0.29) is 34.7 Å². The number of H-pyrrole nitrogens is 1. The van der Waals surface area contributed by atoms with Crippen molar-refractivity contribution in [1.82, 2.24) is 20.3 Å². The molecule has 1 saturated heterocycles. The van der Waals surface area contributed by atoms with E-state index in [4.69, 9.17) is 21.2 Å². The first-order chi connectivity index (χ1) is 15.3. The number of hydrogen-bond donors (Lipinski definition) is 3. The maximum absolute atomic E-state index is 12.6. The summed E-state index contributed by atoms with van der Waals surface area (Å²) in [5, 5.41) is 17.1. The van der Waals surface area contributed by atoms with Gasteiger partial charge in [-0.05, 0) is 19.8 Å². The summed E-state index contributed by atoms with van der Waals surface area (Å²) in [6, 6.07) is -0.257. The van der Waals surface area contributed by atoms with Crippen molar-refractivity contribution in [3.8, 4) is 0 Å². The number of anilines is 1. The molecule has 1 aliphatic rings. The quantitative estimate of drug-likeness (QED) is 0.382. The van der Waals surface area contributed by atoms with Crippen LogP contribution in [-0.2, 0) is 16.0 Å². The fourth-order valence-electron chi connectivity index (χ4n) is 3.47. The number of oxime groups is 1. The number of amides is 1. The van der Waals surface area contributed by atoms with E-state index < -0.39 is 5.97 Å². The van der Waals surface area contributed by atoms with E-state index in [1.54, 1.807) is 14.0 Å². The third-order valence-electron chi connectivity index (χ3n) is 5.12. The average molecular weight is 485 g/mol. The molecule has 0 saturated carbocycles. The third kappa shape index (κ3) is 5.03. The van der Waals surface area contributed by atoms with Gasteiger partial charge in [-0.2, -0.15) is 0 Å². The molecule has 2 atom stereocenters. The van der Waals surface area contributed by atoms with Crippen molar-refractivity contribution in [3.63, 3.8) is 0 Å². The molecule has 13 heteroatoms. The Hall–Kier alpha value is -2.70. The van der Waals surface area contributed by atoms with Crippen LogP contribution in [-0.4, -0.2) is 77.1 Å². The lowest BCUT2D eigenvalue weighted by Crippen LogP contribution is -2.55. The molecule has 0 radical (unpaired) electrons. The van der Waals surface area contributed by atoms with Crippen LogP contribution < -0.4 is 10.2 Å². The zero-order valence-electron chi connectivity index (χ0n) is 18.1. The molecule has 0 aliphatic carbocycles. The van der Waals surface area contributed by atoms with E-state index >= 15 is 0 Å². The minimum absolute atomic E-state index is 0.0749. The molecule has 1 unspecified atom stereocenters. The number of aromatic carboxylic acids is 1. The van der Waals surface area contributed by atoms with Crippen LogP contribution in [0.1, 0.15) is 51.9 Å². The fourth-order valence-corrected chi connectivity index (χ4v) is 4.77. The van der Waals surface area contributed by atoms with Gasteiger partial charge in [0.05, 0.1) is 28.4 Å². The second kappa shape index (κ2) is 10.3. The fraction of sp³-hybridized carbons (Fsp3) is 0.526. The van der Waals surface area contributed by atoms with Crippen LogP contribution in [0.25, 0.3) is 0 Å². The topological polar surface area (TPSA) is 142 Å². The molecule has 1 amide bonds. The highest BCUT2D eigenvalue weighted by Gasteiger charge is 2.33. The number of nitrogens with zero attached hydrogens (tertiary/aromatic N) is 4. The highest BCUT2D eigenvalue weighted by Crippen LogP contribution is 2.30. The van der Waals surface area contributed by atoms with Crippen LogP contribution in [0.2, 0.25) is 5.15 Å². The number of carbonyl (C=O) groups is 2. The van der Waals surface area contributed by atoms with Crippen LogP contribution in [0.5, 0.6) is 0 Å². The standard InChI is InChI=1S/C19H25ClN6O5S/c1-5-10-15(20)24-16(21-10)17(27)22-11-6-7-26(8-12(11)30-3)19-23-13(18(28)29)14(32-19)9(2)25-31-4/h11-12H,5-8H2,1-4H3,(H,21,24)(H,22,27)(H,28,29)/b25-9-/t11-,12?/m1/s1. The highest BCUT2D eigenvalue weighted by atomic mass is 35.5. The van der Waals surface area contributed by atoms with Crippen LogP contribution >= 0.6 is 22.9 Å². The number of rotatable bonds is 8. The predicted molar refractivity (Wildman–Crippen MR) is 120 cm³/mol. The number of piperidine rings is 1. The van der Waals surface area contributed by atoms with Gasteiger partial charge in [0.1, 0.15) is 7.11 Å². The second-order valence-corrected chi connectivity index (χ2v) is 8.47. The van der Waals surface area contributed by atoms with Gasteiger partial charge in [-0.25, -0.2) is 14.8 Å². The lowest BCUT2D eigenvalue weighted by atomic mass is 10.0. The van der Waals surface area contributed by atoms with Crippen LogP contribution in [0.15, 0.2) is 5.16 Å². The number of carboxylic acid groups (broad SMARTS) is 1. The Kier molecular flexibility index (Phi) is 7.69. The van der Waals surface area contributed by atoms with Crippen LogP contribution in [0.4, 0.5) is 5.13 Å². The monoisotopic (exact) mass is 484 g/mol. The molecule has 2 aromatic rings. The predicted octanol–water partition coefficient (Wildman–Crippen LogP) is 2.17. The summed E-state index contributed by atoms with van der Waals surface area (Å²) in [7, 11) is 2.96. The average Bonchev–Trinajstić information content (AvgIpc) is 3.38. The van der Waals surface area contributed by atoms with Crippen molar-refractivity contribution < 1.29 is 24.3 Å². The molecule has 3 rings (SSSR count). The Labute approximate surface area is 193 Å². The van der Waals surface area contributed by atoms with Crippen LogP contribution in [0.3, 0.4) is 0 Å². The van der Waals surface area contributed by atoms with Crippen molar-refractivity contribution >= 4 is 45.7 Å². The lowest BCUT2D eigenvalue weighted by Gasteiger charge is -2.37. The van der Waals surface area contributed by atoms with Gasteiger partial charge in [-0.1, -0.05) is 35.0 Å². The number of thiazole rings is 1. The SMILES string of the molecule is CCc1[nH]c(C(=O)N[C@@H]2CCN(c3nc(C(=O)O)c(/C(C)=N\OC)s3)CC2OC)nc1Cl. The van der Waals surface area contributed by atoms with E-state index in [2.05, 4.69) is 25.4 Å². The number of hydrogen-bond acceptors (Lipinski definition) is 9. The van der Waals surface area contributed by atoms with Crippen LogP contribution in [0, 0.1) is 0 Å². The molecule has 2 aromatic heterocycles. The number of halogens is 1. The number of imidazole rings is 1. The molecule has 0 bridgehead atoms. The molecule has 174 valence electrons. The summed E-state index contributed by atoms with van der Waals surface area (Å²) in [5.41, 5.74) is 1.06. The highest BCUT2D eigenvalue weighted by molar-refractivity contribution is 7.17. The van der Waals surface area contributed by atoms with Gasteiger partial charge < -0.3 is 29.9 Å². The number of nitrogens with one attached hydrogen (secondary N) is 2. The number of aryl methyl sites for hydroxylation is 1. The van der Waals surface area contributed by atoms with E-state index in [0.717, 1.165) is 0 Å². The first kappa shape index (κ1) is 24.0. The smallest absolute Gasteiger partial charge is 0.356 e. The maximum atomic E-state index is 12.6. The Bertz CT molecular complexity index is 1020. The summed E-state index contributed by atoms with van der Waals surface area (Å²) in [4.78, 5) is 42.7. The normalized spacial score (nSPS) is 19.2. The first-order valence-electron chi connectivity index (χ1n) is 9.94. The Morgan fingerprint density at radius 2 is 2.16 bits per heavy atom. The summed E-state index contributed by atoms with van der Waals surface area (Å²) in [6.07, 6.45) is 0.876. The zero-order valence-corrected chi connectivity index (χ0v) is 19.7. The minimum Gasteiger partial charge on any atom is -0.476 e. The van der Waals surface area contributed by atoms with E-state index in [0.29, 0.717) is 47.3 Å². The molecule has 1 aliphatic heterocycles. The maximum Gasteiger partial charge on any atom is 0.356 e. The Morgan fingerprint density at radius 3 is 2.75 bits per heavy atom. The Balaban J connectivity index is 1.74. The summed E-state index contributed by atoms with van der Waals surface area (Å²) in [6.45, 7) is 4.56. The molecule has 32 heavy (non-hydrogen) atoms. The van der Waals surface area contributed by atoms with Crippen molar-refractivity contribution in [2.45, 2.75) is 38.8 Å². The van der Waals surface area contributed by atoms with Gasteiger partial charge in [-0.15, -0.1) is 0 Å². The van der Waals surface area contributed by atoms with Gasteiger partial charge in [0.15, 0.2) is 21.8 Å². The van der Waals surface area contributed by atoms with Gasteiger partial charge in [0, 0.05) is 20.2 Å². The van der Waals surface area contributed by atoms with Gasteiger partial charge in [-0.3, -0.25) is 4.79 Å². The number of carbonyl (C=O) groups excluding carboxylic acids is 1. The molecule has 0 spiro atoms. The van der Waals surface area contributed by atoms with Gasteiger partial charge >= 0.3 is 5.97 Å². The van der Waals surface area contributed by atoms with E-state index in [1.165, 1.54) is 18.4 Å². The number of aromatic amines is 1. The summed E-state index contributed by atoms with van der Waals surface area (Å²) < 4.78 is 5.62. The summed E-state index contributed by atoms with van der Waals surface area (Å²) >= 11 is 7.26. The lowest BCUT2D eigenvalue weighted by molar-refractivity contribution is 0.0538. The largest absolute Gasteiger partial charge is 0.476 e. The molecular weight excluding hydrogens is 460 g/mol. The number of methoxy groups -OCH3 is 1. The first-order valence-corrected chi connectivity index (χ1v) is 11.1. The molecule has 3 heterocycles. The molecular formula is C19H25ClN6O5S. The van der Waals surface area contributed by atoms with Crippen molar-refractivity contribution in [2.24, 2.45) is 5.16 Å². The summed E-state index contributed by atoms with van der Waals surface area (Å²) in [5.74, 6) is -1.34. The number of carboxylic acids is 1. The number of aromatic nitrogens is 3.